The molecule has 0 saturated heterocycles. The van der Waals surface area contributed by atoms with Crippen LogP contribution in [0, 0.1) is 0 Å². The lowest BCUT2D eigenvalue weighted by molar-refractivity contribution is -0.870. The molecule has 0 fully saturated rings. The van der Waals surface area contributed by atoms with E-state index in [4.69, 9.17) is 9.05 Å². The average Bonchev–Trinajstić information content (AvgIpc) is 3.19. The molecule has 344 valence electrons. The highest BCUT2D eigenvalue weighted by atomic mass is 31.2. The van der Waals surface area contributed by atoms with Crippen molar-refractivity contribution in [2.75, 3.05) is 40.9 Å². The van der Waals surface area contributed by atoms with Crippen LogP contribution in [0.25, 0.3) is 0 Å². The average molecular weight is 849 g/mol. The lowest BCUT2D eigenvalue weighted by atomic mass is 10.0. The van der Waals surface area contributed by atoms with E-state index in [-0.39, 0.29) is 25.5 Å². The molecule has 0 aromatic heterocycles. The van der Waals surface area contributed by atoms with Crippen LogP contribution in [0.1, 0.15) is 200 Å². The summed E-state index contributed by atoms with van der Waals surface area (Å²) in [5, 5.41) is 13.9. The molecule has 0 heterocycles. The van der Waals surface area contributed by atoms with Gasteiger partial charge in [-0.25, -0.2) is 0 Å². The summed E-state index contributed by atoms with van der Waals surface area (Å²) in [5.41, 5.74) is 0. The second-order valence-electron chi connectivity index (χ2n) is 17.4. The Hall–Kier alpha value is -1.80. The number of carbonyl (C=O) groups is 1. The summed E-state index contributed by atoms with van der Waals surface area (Å²) in [6.07, 6.45) is 53.8. The molecular formula is C50H93N2O6P. The predicted molar refractivity (Wildman–Crippen MR) is 251 cm³/mol. The molecule has 1 amide bonds. The molecule has 0 bridgehead atoms. The number of rotatable bonds is 43. The fourth-order valence-electron chi connectivity index (χ4n) is 6.72. The fourth-order valence-corrected chi connectivity index (χ4v) is 7.45. The van der Waals surface area contributed by atoms with Crippen molar-refractivity contribution in [3.8, 4) is 0 Å². The third-order valence-corrected chi connectivity index (χ3v) is 11.5. The third kappa shape index (κ3) is 44.1. The van der Waals surface area contributed by atoms with Crippen molar-refractivity contribution >= 4 is 13.7 Å². The standard InChI is InChI=1S/C50H93N2O6P/c1-6-8-10-12-14-16-18-20-22-24-25-26-28-29-31-33-35-37-39-41-43-49(53)48(47-58-59(55,56)57-46-45-52(3,4)5)51-50(54)44-42-40-38-36-34-32-30-27-23-21-19-17-15-13-11-9-7-2/h9,11,15,17,21,23,30,32,36,38,48-49,53H,6-8,10,12-14,16,18-20,22,24-29,31,33-35,37,39-47H2,1-5H3,(H-,51,54,55,56)/b11-9-,17-15-,23-21-,32-30-,38-36-. The molecule has 8 nitrogen and oxygen atoms in total. The zero-order valence-corrected chi connectivity index (χ0v) is 39.8. The van der Waals surface area contributed by atoms with E-state index < -0.39 is 20.0 Å². The van der Waals surface area contributed by atoms with Gasteiger partial charge in [-0.3, -0.25) is 9.36 Å². The van der Waals surface area contributed by atoms with Crippen LogP contribution in [0.4, 0.5) is 0 Å². The zero-order chi connectivity index (χ0) is 43.6. The second-order valence-corrected chi connectivity index (χ2v) is 18.8. The van der Waals surface area contributed by atoms with E-state index in [1.165, 1.54) is 109 Å². The molecule has 3 unspecified atom stereocenters. The zero-order valence-electron chi connectivity index (χ0n) is 38.9. The summed E-state index contributed by atoms with van der Waals surface area (Å²) in [6.45, 7) is 4.56. The Morgan fingerprint density at radius 2 is 1.02 bits per heavy atom. The maximum Gasteiger partial charge on any atom is 0.268 e. The molecule has 2 N–H and O–H groups in total. The van der Waals surface area contributed by atoms with Crippen molar-refractivity contribution < 1.29 is 32.9 Å². The summed E-state index contributed by atoms with van der Waals surface area (Å²) in [4.78, 5) is 25.4. The third-order valence-electron chi connectivity index (χ3n) is 10.5. The first-order chi connectivity index (χ1) is 28.5. The number of amides is 1. The first-order valence-electron chi connectivity index (χ1n) is 24.1. The van der Waals surface area contributed by atoms with Crippen LogP contribution >= 0.6 is 7.82 Å². The van der Waals surface area contributed by atoms with Crippen LogP contribution in [0.2, 0.25) is 0 Å². The summed E-state index contributed by atoms with van der Waals surface area (Å²) < 4.78 is 23.3. The van der Waals surface area contributed by atoms with E-state index in [1.54, 1.807) is 0 Å². The van der Waals surface area contributed by atoms with Gasteiger partial charge in [-0.05, 0) is 51.4 Å². The van der Waals surface area contributed by atoms with Crippen molar-refractivity contribution in [3.05, 3.63) is 60.8 Å². The Balaban J connectivity index is 4.39. The van der Waals surface area contributed by atoms with Crippen LogP contribution in [0.3, 0.4) is 0 Å². The van der Waals surface area contributed by atoms with Gasteiger partial charge in [-0.15, -0.1) is 0 Å². The largest absolute Gasteiger partial charge is 0.756 e. The summed E-state index contributed by atoms with van der Waals surface area (Å²) >= 11 is 0. The molecule has 0 saturated carbocycles. The minimum absolute atomic E-state index is 0.000934. The predicted octanol–water partition coefficient (Wildman–Crippen LogP) is 13.2. The molecule has 0 aliphatic heterocycles. The van der Waals surface area contributed by atoms with E-state index in [9.17, 15) is 19.4 Å². The molecular weight excluding hydrogens is 756 g/mol. The number of carbonyl (C=O) groups excluding carboxylic acids is 1. The number of allylic oxidation sites excluding steroid dienone is 10. The maximum absolute atomic E-state index is 12.9. The van der Waals surface area contributed by atoms with Crippen molar-refractivity contribution in [2.24, 2.45) is 0 Å². The number of nitrogens with one attached hydrogen (secondary N) is 1. The molecule has 0 rings (SSSR count). The minimum Gasteiger partial charge on any atom is -0.756 e. The number of hydrogen-bond acceptors (Lipinski definition) is 6. The Kier molecular flexibility index (Phi) is 40.3. The Bertz CT molecular complexity index is 1140. The highest BCUT2D eigenvalue weighted by Gasteiger charge is 2.24. The van der Waals surface area contributed by atoms with Gasteiger partial charge in [0.25, 0.3) is 7.82 Å². The van der Waals surface area contributed by atoms with Gasteiger partial charge in [-0.2, -0.15) is 0 Å². The Labute approximate surface area is 364 Å². The van der Waals surface area contributed by atoms with Gasteiger partial charge in [0, 0.05) is 6.42 Å². The van der Waals surface area contributed by atoms with E-state index in [0.717, 1.165) is 57.8 Å². The van der Waals surface area contributed by atoms with Gasteiger partial charge in [-0.1, -0.05) is 203 Å². The lowest BCUT2D eigenvalue weighted by Crippen LogP contribution is -2.46. The lowest BCUT2D eigenvalue weighted by Gasteiger charge is -2.30. The Morgan fingerprint density at radius 3 is 1.44 bits per heavy atom. The number of quaternary nitrogens is 1. The van der Waals surface area contributed by atoms with Crippen molar-refractivity contribution in [1.29, 1.82) is 0 Å². The summed E-state index contributed by atoms with van der Waals surface area (Å²) in [5.74, 6) is -0.222. The monoisotopic (exact) mass is 849 g/mol. The SMILES string of the molecule is CC/C=C\C/C=C\C/C=C\C/C=C\C/C=C\CCCC(=O)NC(COP(=O)([O-])OCC[N+](C)(C)C)C(O)CCCCCCCCCCCCCCCCCCCCCC. The van der Waals surface area contributed by atoms with Gasteiger partial charge in [0.1, 0.15) is 13.2 Å². The van der Waals surface area contributed by atoms with Crippen LogP contribution in [0.15, 0.2) is 60.8 Å². The van der Waals surface area contributed by atoms with E-state index in [2.05, 4.69) is 79.9 Å². The first-order valence-corrected chi connectivity index (χ1v) is 25.6. The molecule has 0 spiro atoms. The van der Waals surface area contributed by atoms with Gasteiger partial charge < -0.3 is 28.8 Å². The molecule has 0 aromatic rings. The van der Waals surface area contributed by atoms with E-state index in [1.807, 2.05) is 21.1 Å². The smallest absolute Gasteiger partial charge is 0.268 e. The number of phosphoric ester groups is 1. The van der Waals surface area contributed by atoms with Gasteiger partial charge >= 0.3 is 0 Å². The number of aliphatic hydroxyl groups excluding tert-OH is 1. The number of aliphatic hydroxyl groups is 1. The maximum atomic E-state index is 12.9. The van der Waals surface area contributed by atoms with Crippen LogP contribution < -0.4 is 10.2 Å². The highest BCUT2D eigenvalue weighted by Crippen LogP contribution is 2.38. The normalized spacial score (nSPS) is 14.8. The van der Waals surface area contributed by atoms with Crippen molar-refractivity contribution in [2.45, 2.75) is 212 Å². The van der Waals surface area contributed by atoms with Crippen molar-refractivity contribution in [1.82, 2.24) is 5.32 Å². The molecule has 9 heteroatoms. The first kappa shape index (κ1) is 57.2. The molecule has 3 atom stereocenters. The highest BCUT2D eigenvalue weighted by molar-refractivity contribution is 7.45. The second kappa shape index (κ2) is 41.5. The number of unbranched alkanes of at least 4 members (excludes halogenated alkanes) is 20. The topological polar surface area (TPSA) is 108 Å². The van der Waals surface area contributed by atoms with E-state index >= 15 is 0 Å². The molecule has 59 heavy (non-hydrogen) atoms. The number of phosphoric acid groups is 1. The number of likely N-dealkylation sites (N-methyl/N-ethyl adjacent to an activating group) is 1. The Morgan fingerprint density at radius 1 is 0.610 bits per heavy atom. The van der Waals surface area contributed by atoms with Crippen LogP contribution in [0.5, 0.6) is 0 Å². The number of nitrogens with zero attached hydrogens (tertiary/aromatic N) is 1. The fraction of sp³-hybridized carbons (Fsp3) is 0.780. The van der Waals surface area contributed by atoms with Gasteiger partial charge in [0.15, 0.2) is 0 Å². The van der Waals surface area contributed by atoms with Gasteiger partial charge in [0.05, 0.1) is 39.9 Å². The molecule has 0 radical (unpaired) electrons. The quantitative estimate of drug-likeness (QED) is 0.0274. The number of hydrogen-bond donors (Lipinski definition) is 2. The summed E-state index contributed by atoms with van der Waals surface area (Å²) in [6, 6.07) is -0.833. The summed E-state index contributed by atoms with van der Waals surface area (Å²) in [7, 11) is 1.26. The van der Waals surface area contributed by atoms with E-state index in [0.29, 0.717) is 23.9 Å². The molecule has 0 aliphatic rings. The minimum atomic E-state index is -4.58. The van der Waals surface area contributed by atoms with Crippen molar-refractivity contribution in [3.63, 3.8) is 0 Å². The molecule has 0 aromatic carbocycles. The van der Waals surface area contributed by atoms with Crippen LogP contribution in [-0.2, 0) is 18.4 Å². The van der Waals surface area contributed by atoms with Gasteiger partial charge in [0.2, 0.25) is 5.91 Å². The molecule has 0 aliphatic carbocycles. The van der Waals surface area contributed by atoms with Crippen LogP contribution in [-0.4, -0.2) is 68.5 Å².